The Morgan fingerprint density at radius 2 is 1.91 bits per heavy atom. The Morgan fingerprint density at radius 3 is 2.64 bits per heavy atom. The molecule has 0 saturated heterocycles. The number of nitrogens with one attached hydrogen (secondary N) is 1. The highest BCUT2D eigenvalue weighted by Crippen LogP contribution is 2.08. The fourth-order valence-corrected chi connectivity index (χ4v) is 3.17. The van der Waals surface area contributed by atoms with Crippen LogP contribution in [-0.4, -0.2) is 25.7 Å². The van der Waals surface area contributed by atoms with Gasteiger partial charge < -0.3 is 0 Å². The number of hydrogen-bond acceptors (Lipinski definition) is 3. The average Bonchev–Trinajstić information content (AvgIpc) is 2.52. The first kappa shape index (κ1) is 16.6. The SMILES string of the molecule is O=S(=O)(CCc1ccccc1F)NCCCc1cccnc1. The van der Waals surface area contributed by atoms with Gasteiger partial charge in [0.05, 0.1) is 5.75 Å². The molecule has 0 aliphatic heterocycles. The predicted molar refractivity (Wildman–Crippen MR) is 84.5 cm³/mol. The fraction of sp³-hybridized carbons (Fsp3) is 0.312. The summed E-state index contributed by atoms with van der Waals surface area (Å²) in [5.41, 5.74) is 1.50. The summed E-state index contributed by atoms with van der Waals surface area (Å²) in [6, 6.07) is 10.0. The summed E-state index contributed by atoms with van der Waals surface area (Å²) in [4.78, 5) is 4.01. The Kier molecular flexibility index (Phi) is 6.03. The van der Waals surface area contributed by atoms with E-state index in [1.807, 2.05) is 12.1 Å². The van der Waals surface area contributed by atoms with Gasteiger partial charge in [-0.25, -0.2) is 17.5 Å². The summed E-state index contributed by atoms with van der Waals surface area (Å²) in [6.45, 7) is 0.370. The number of aryl methyl sites for hydroxylation is 2. The third kappa shape index (κ3) is 5.54. The quantitative estimate of drug-likeness (QED) is 0.759. The van der Waals surface area contributed by atoms with Crippen molar-refractivity contribution in [3.63, 3.8) is 0 Å². The summed E-state index contributed by atoms with van der Waals surface area (Å²) in [5, 5.41) is 0. The molecule has 0 bridgehead atoms. The minimum atomic E-state index is -3.38. The monoisotopic (exact) mass is 322 g/mol. The van der Waals surface area contributed by atoms with E-state index >= 15 is 0 Å². The molecule has 0 unspecified atom stereocenters. The van der Waals surface area contributed by atoms with Gasteiger partial charge in [-0.3, -0.25) is 4.98 Å². The molecule has 6 heteroatoms. The van der Waals surface area contributed by atoms with Crippen molar-refractivity contribution in [2.24, 2.45) is 0 Å². The van der Waals surface area contributed by atoms with Crippen molar-refractivity contribution in [3.8, 4) is 0 Å². The first-order valence-electron chi connectivity index (χ1n) is 7.16. The van der Waals surface area contributed by atoms with E-state index in [0.29, 0.717) is 18.5 Å². The van der Waals surface area contributed by atoms with Gasteiger partial charge in [-0.15, -0.1) is 0 Å². The number of aromatic nitrogens is 1. The highest BCUT2D eigenvalue weighted by molar-refractivity contribution is 7.89. The largest absolute Gasteiger partial charge is 0.264 e. The van der Waals surface area contributed by atoms with Crippen LogP contribution in [0.2, 0.25) is 0 Å². The summed E-state index contributed by atoms with van der Waals surface area (Å²) in [7, 11) is -3.38. The van der Waals surface area contributed by atoms with Crippen LogP contribution in [0.4, 0.5) is 4.39 Å². The van der Waals surface area contributed by atoms with Crippen molar-refractivity contribution in [3.05, 3.63) is 65.7 Å². The molecule has 1 N–H and O–H groups in total. The molecule has 1 heterocycles. The molecule has 4 nitrogen and oxygen atoms in total. The maximum atomic E-state index is 13.4. The highest BCUT2D eigenvalue weighted by Gasteiger charge is 2.11. The fourth-order valence-electron chi connectivity index (χ4n) is 2.08. The summed E-state index contributed by atoms with van der Waals surface area (Å²) >= 11 is 0. The Hall–Kier alpha value is -1.79. The molecule has 0 radical (unpaired) electrons. The number of halogens is 1. The number of benzene rings is 1. The van der Waals surface area contributed by atoms with Crippen molar-refractivity contribution in [1.29, 1.82) is 0 Å². The molecule has 22 heavy (non-hydrogen) atoms. The highest BCUT2D eigenvalue weighted by atomic mass is 32.2. The van der Waals surface area contributed by atoms with Gasteiger partial charge in [0.1, 0.15) is 5.82 Å². The maximum Gasteiger partial charge on any atom is 0.211 e. The number of pyridine rings is 1. The second kappa shape index (κ2) is 8.00. The van der Waals surface area contributed by atoms with Gasteiger partial charge in [-0.2, -0.15) is 0 Å². The molecule has 0 amide bonds. The Bertz CT molecular complexity index is 690. The molecule has 0 fully saturated rings. The maximum absolute atomic E-state index is 13.4. The number of hydrogen-bond donors (Lipinski definition) is 1. The van der Waals surface area contributed by atoms with Crippen LogP contribution in [-0.2, 0) is 22.9 Å². The van der Waals surface area contributed by atoms with Gasteiger partial charge in [0.2, 0.25) is 10.0 Å². The van der Waals surface area contributed by atoms with Gasteiger partial charge in [-0.1, -0.05) is 24.3 Å². The lowest BCUT2D eigenvalue weighted by atomic mass is 10.2. The van der Waals surface area contributed by atoms with Gasteiger partial charge in [0.15, 0.2) is 0 Å². The predicted octanol–water partition coefficient (Wildman–Crippen LogP) is 2.32. The van der Waals surface area contributed by atoms with E-state index in [2.05, 4.69) is 9.71 Å². The minimum absolute atomic E-state index is 0.110. The first-order valence-corrected chi connectivity index (χ1v) is 8.82. The van der Waals surface area contributed by atoms with Crippen molar-refractivity contribution >= 4 is 10.0 Å². The van der Waals surface area contributed by atoms with E-state index < -0.39 is 10.0 Å². The number of nitrogens with zero attached hydrogens (tertiary/aromatic N) is 1. The van der Waals surface area contributed by atoms with Gasteiger partial charge in [0, 0.05) is 18.9 Å². The smallest absolute Gasteiger partial charge is 0.211 e. The molecular formula is C16H19FN2O2S. The second-order valence-electron chi connectivity index (χ2n) is 5.02. The van der Waals surface area contributed by atoms with E-state index in [1.165, 1.54) is 6.07 Å². The van der Waals surface area contributed by atoms with Crippen LogP contribution < -0.4 is 4.72 Å². The molecule has 0 spiro atoms. The van der Waals surface area contributed by atoms with Crippen molar-refractivity contribution in [2.75, 3.05) is 12.3 Å². The zero-order valence-electron chi connectivity index (χ0n) is 12.2. The lowest BCUT2D eigenvalue weighted by molar-refractivity contribution is 0.576. The summed E-state index contributed by atoms with van der Waals surface area (Å²) in [5.74, 6) is -0.477. The van der Waals surface area contributed by atoms with Gasteiger partial charge in [-0.05, 0) is 42.5 Å². The van der Waals surface area contributed by atoms with Crippen molar-refractivity contribution in [2.45, 2.75) is 19.3 Å². The van der Waals surface area contributed by atoms with Crippen LogP contribution in [0.1, 0.15) is 17.5 Å². The Balaban J connectivity index is 1.73. The topological polar surface area (TPSA) is 59.1 Å². The second-order valence-corrected chi connectivity index (χ2v) is 6.95. The third-order valence-corrected chi connectivity index (χ3v) is 4.67. The standard InChI is InChI=1S/C16H19FN2O2S/c17-16-8-2-1-7-15(16)9-12-22(20,21)19-11-4-6-14-5-3-10-18-13-14/h1-3,5,7-8,10,13,19H,4,6,9,11-12H2. The van der Waals surface area contributed by atoms with Gasteiger partial charge in [0.25, 0.3) is 0 Å². The zero-order valence-corrected chi connectivity index (χ0v) is 13.0. The molecule has 0 atom stereocenters. The Labute approximate surface area is 130 Å². The minimum Gasteiger partial charge on any atom is -0.264 e. The lowest BCUT2D eigenvalue weighted by Gasteiger charge is -2.07. The third-order valence-electron chi connectivity index (χ3n) is 3.28. The summed E-state index contributed by atoms with van der Waals surface area (Å²) < 4.78 is 39.7. The molecule has 1 aromatic heterocycles. The Morgan fingerprint density at radius 1 is 1.09 bits per heavy atom. The molecule has 0 aliphatic rings. The molecule has 0 saturated carbocycles. The van der Waals surface area contributed by atoms with Crippen LogP contribution >= 0.6 is 0 Å². The number of sulfonamides is 1. The van der Waals surface area contributed by atoms with Crippen molar-refractivity contribution < 1.29 is 12.8 Å². The molecule has 1 aromatic carbocycles. The average molecular weight is 322 g/mol. The van der Waals surface area contributed by atoms with Gasteiger partial charge >= 0.3 is 0 Å². The molecule has 0 aliphatic carbocycles. The van der Waals surface area contributed by atoms with E-state index in [4.69, 9.17) is 0 Å². The van der Waals surface area contributed by atoms with Crippen molar-refractivity contribution in [1.82, 2.24) is 9.71 Å². The zero-order chi connectivity index (χ0) is 15.8. The lowest BCUT2D eigenvalue weighted by Crippen LogP contribution is -2.28. The van der Waals surface area contributed by atoms with Crippen LogP contribution in [0, 0.1) is 5.82 Å². The van der Waals surface area contributed by atoms with Crippen LogP contribution in [0.15, 0.2) is 48.8 Å². The normalized spacial score (nSPS) is 11.5. The van der Waals surface area contributed by atoms with E-state index in [1.54, 1.807) is 30.6 Å². The van der Waals surface area contributed by atoms with Crippen LogP contribution in [0.25, 0.3) is 0 Å². The molecule has 2 rings (SSSR count). The van der Waals surface area contributed by atoms with E-state index in [-0.39, 0.29) is 18.0 Å². The molecule has 2 aromatic rings. The van der Waals surface area contributed by atoms with E-state index in [0.717, 1.165) is 12.0 Å². The number of rotatable bonds is 8. The van der Waals surface area contributed by atoms with E-state index in [9.17, 15) is 12.8 Å². The molecule has 118 valence electrons. The first-order chi connectivity index (χ1) is 10.6. The van der Waals surface area contributed by atoms with Crippen LogP contribution in [0.5, 0.6) is 0 Å². The summed E-state index contributed by atoms with van der Waals surface area (Å²) in [6.07, 6.45) is 5.11. The van der Waals surface area contributed by atoms with Crippen LogP contribution in [0.3, 0.4) is 0 Å². The molecular weight excluding hydrogens is 303 g/mol.